The number of urea groups is 1. The standard InChI is InChI=1S/C14H25N3O2S/c1-11(2)17(4)7-6-15-13(18)16-10-14(3,19)12-5-8-20-9-12/h5,8-9,11,19H,6-7,10H2,1-4H3,(H2,15,16,18). The molecule has 1 atom stereocenters. The Balaban J connectivity index is 2.26. The second-order valence-electron chi connectivity index (χ2n) is 5.47. The van der Waals surface area contributed by atoms with E-state index in [1.165, 1.54) is 11.3 Å². The van der Waals surface area contributed by atoms with E-state index in [0.717, 1.165) is 12.1 Å². The van der Waals surface area contributed by atoms with Crippen LogP contribution in [0.4, 0.5) is 4.79 Å². The quantitative estimate of drug-likeness (QED) is 0.716. The van der Waals surface area contributed by atoms with Crippen molar-refractivity contribution in [2.75, 3.05) is 26.7 Å². The molecule has 0 aliphatic rings. The summed E-state index contributed by atoms with van der Waals surface area (Å²) in [6.45, 7) is 7.49. The molecule has 20 heavy (non-hydrogen) atoms. The highest BCUT2D eigenvalue weighted by molar-refractivity contribution is 7.08. The lowest BCUT2D eigenvalue weighted by atomic mass is 9.99. The molecule has 1 aromatic heterocycles. The summed E-state index contributed by atoms with van der Waals surface area (Å²) in [4.78, 5) is 13.8. The number of nitrogens with zero attached hydrogens (tertiary/aromatic N) is 1. The van der Waals surface area contributed by atoms with Crippen LogP contribution in [-0.2, 0) is 5.60 Å². The fourth-order valence-electron chi connectivity index (χ4n) is 1.59. The molecule has 5 nitrogen and oxygen atoms in total. The number of carbonyl (C=O) groups excluding carboxylic acids is 1. The number of likely N-dealkylation sites (N-methyl/N-ethyl adjacent to an activating group) is 1. The number of hydrogen-bond donors (Lipinski definition) is 3. The fourth-order valence-corrected chi connectivity index (χ4v) is 2.37. The Bertz CT molecular complexity index is 405. The molecule has 0 aliphatic heterocycles. The van der Waals surface area contributed by atoms with Gasteiger partial charge in [-0.1, -0.05) is 0 Å². The van der Waals surface area contributed by atoms with Gasteiger partial charge >= 0.3 is 6.03 Å². The van der Waals surface area contributed by atoms with E-state index in [9.17, 15) is 9.90 Å². The van der Waals surface area contributed by atoms with Crippen LogP contribution in [-0.4, -0.2) is 48.8 Å². The summed E-state index contributed by atoms with van der Waals surface area (Å²) in [6, 6.07) is 2.07. The minimum absolute atomic E-state index is 0.190. The van der Waals surface area contributed by atoms with E-state index >= 15 is 0 Å². The first-order chi connectivity index (χ1) is 9.33. The van der Waals surface area contributed by atoms with E-state index in [0.29, 0.717) is 12.6 Å². The first-order valence-corrected chi connectivity index (χ1v) is 7.74. The monoisotopic (exact) mass is 299 g/mol. The van der Waals surface area contributed by atoms with Crippen LogP contribution < -0.4 is 10.6 Å². The lowest BCUT2D eigenvalue weighted by molar-refractivity contribution is 0.0598. The molecule has 0 aliphatic carbocycles. The Labute approximate surface area is 125 Å². The van der Waals surface area contributed by atoms with Crippen molar-refractivity contribution in [1.82, 2.24) is 15.5 Å². The van der Waals surface area contributed by atoms with E-state index in [-0.39, 0.29) is 12.6 Å². The molecular formula is C14H25N3O2S. The minimum atomic E-state index is -1.04. The second-order valence-corrected chi connectivity index (χ2v) is 6.25. The van der Waals surface area contributed by atoms with Crippen molar-refractivity contribution in [3.63, 3.8) is 0 Å². The molecule has 0 bridgehead atoms. The summed E-state index contributed by atoms with van der Waals surface area (Å²) in [6.07, 6.45) is 0. The third-order valence-electron chi connectivity index (χ3n) is 3.37. The number of hydrogen-bond acceptors (Lipinski definition) is 4. The second kappa shape index (κ2) is 7.61. The van der Waals surface area contributed by atoms with Crippen LogP contribution in [0.1, 0.15) is 26.3 Å². The molecule has 0 aromatic carbocycles. The van der Waals surface area contributed by atoms with Gasteiger partial charge in [0.15, 0.2) is 0 Å². The molecule has 0 fully saturated rings. The van der Waals surface area contributed by atoms with E-state index < -0.39 is 5.60 Å². The molecule has 2 amide bonds. The van der Waals surface area contributed by atoms with Gasteiger partial charge in [0.25, 0.3) is 0 Å². The van der Waals surface area contributed by atoms with Crippen molar-refractivity contribution in [3.05, 3.63) is 22.4 Å². The van der Waals surface area contributed by atoms with Gasteiger partial charge in [0.2, 0.25) is 0 Å². The predicted molar refractivity (Wildman–Crippen MR) is 83.1 cm³/mol. The third kappa shape index (κ3) is 5.48. The van der Waals surface area contributed by atoms with Crippen LogP contribution in [0.15, 0.2) is 16.8 Å². The molecule has 3 N–H and O–H groups in total. The molecule has 1 heterocycles. The van der Waals surface area contributed by atoms with Gasteiger partial charge in [-0.15, -0.1) is 0 Å². The Morgan fingerprint density at radius 1 is 1.50 bits per heavy atom. The average Bonchev–Trinajstić information content (AvgIpc) is 2.90. The van der Waals surface area contributed by atoms with Crippen molar-refractivity contribution in [2.24, 2.45) is 0 Å². The van der Waals surface area contributed by atoms with E-state index in [2.05, 4.69) is 29.4 Å². The van der Waals surface area contributed by atoms with Crippen LogP contribution in [0.25, 0.3) is 0 Å². The van der Waals surface area contributed by atoms with Crippen molar-refractivity contribution in [1.29, 1.82) is 0 Å². The molecule has 1 aromatic rings. The summed E-state index contributed by atoms with van der Waals surface area (Å²) < 4.78 is 0. The topological polar surface area (TPSA) is 64.6 Å². The molecule has 114 valence electrons. The highest BCUT2D eigenvalue weighted by Crippen LogP contribution is 2.21. The zero-order chi connectivity index (χ0) is 15.2. The predicted octanol–water partition coefficient (Wildman–Crippen LogP) is 1.60. The zero-order valence-corrected chi connectivity index (χ0v) is 13.5. The van der Waals surface area contributed by atoms with E-state index in [4.69, 9.17) is 0 Å². The molecule has 0 radical (unpaired) electrons. The van der Waals surface area contributed by atoms with Gasteiger partial charge in [0, 0.05) is 19.1 Å². The summed E-state index contributed by atoms with van der Waals surface area (Å²) >= 11 is 1.53. The van der Waals surface area contributed by atoms with Crippen LogP contribution in [0, 0.1) is 0 Å². The van der Waals surface area contributed by atoms with Gasteiger partial charge in [0.05, 0.1) is 6.54 Å². The van der Waals surface area contributed by atoms with Crippen molar-refractivity contribution < 1.29 is 9.90 Å². The Morgan fingerprint density at radius 2 is 2.20 bits per heavy atom. The normalized spacial score (nSPS) is 14.3. The summed E-state index contributed by atoms with van der Waals surface area (Å²) in [5.41, 5.74) is -0.214. The maximum absolute atomic E-state index is 11.7. The average molecular weight is 299 g/mol. The molecule has 0 spiro atoms. The summed E-state index contributed by atoms with van der Waals surface area (Å²) in [5, 5.41) is 19.5. The smallest absolute Gasteiger partial charge is 0.314 e. The fraction of sp³-hybridized carbons (Fsp3) is 0.643. The zero-order valence-electron chi connectivity index (χ0n) is 12.6. The molecular weight excluding hydrogens is 274 g/mol. The maximum atomic E-state index is 11.7. The van der Waals surface area contributed by atoms with Crippen LogP contribution in [0.2, 0.25) is 0 Å². The SMILES string of the molecule is CC(C)N(C)CCNC(=O)NCC(C)(O)c1ccsc1. The lowest BCUT2D eigenvalue weighted by Crippen LogP contribution is -2.45. The van der Waals surface area contributed by atoms with Gasteiger partial charge in [-0.2, -0.15) is 11.3 Å². The number of nitrogens with one attached hydrogen (secondary N) is 2. The first kappa shape index (κ1) is 16.9. The Kier molecular flexibility index (Phi) is 6.45. The Morgan fingerprint density at radius 3 is 2.75 bits per heavy atom. The summed E-state index contributed by atoms with van der Waals surface area (Å²) in [7, 11) is 2.02. The number of carbonyl (C=O) groups is 1. The highest BCUT2D eigenvalue weighted by Gasteiger charge is 2.24. The van der Waals surface area contributed by atoms with E-state index in [1.54, 1.807) is 6.92 Å². The maximum Gasteiger partial charge on any atom is 0.314 e. The van der Waals surface area contributed by atoms with Gasteiger partial charge in [0.1, 0.15) is 5.60 Å². The van der Waals surface area contributed by atoms with Gasteiger partial charge in [-0.3, -0.25) is 0 Å². The highest BCUT2D eigenvalue weighted by atomic mass is 32.1. The molecule has 1 rings (SSSR count). The lowest BCUT2D eigenvalue weighted by Gasteiger charge is -2.24. The van der Waals surface area contributed by atoms with E-state index in [1.807, 2.05) is 23.9 Å². The van der Waals surface area contributed by atoms with Crippen LogP contribution in [0.5, 0.6) is 0 Å². The Hall–Kier alpha value is -1.11. The van der Waals surface area contributed by atoms with Gasteiger partial charge in [-0.25, -0.2) is 4.79 Å². The molecule has 6 heteroatoms. The number of thiophene rings is 1. The largest absolute Gasteiger partial charge is 0.384 e. The van der Waals surface area contributed by atoms with Crippen molar-refractivity contribution in [2.45, 2.75) is 32.4 Å². The minimum Gasteiger partial charge on any atom is -0.384 e. The number of aliphatic hydroxyl groups is 1. The molecule has 0 saturated heterocycles. The van der Waals surface area contributed by atoms with Crippen LogP contribution >= 0.6 is 11.3 Å². The van der Waals surface area contributed by atoms with Gasteiger partial charge in [-0.05, 0) is 50.2 Å². The van der Waals surface area contributed by atoms with Crippen molar-refractivity contribution >= 4 is 17.4 Å². The van der Waals surface area contributed by atoms with Crippen LogP contribution in [0.3, 0.4) is 0 Å². The summed E-state index contributed by atoms with van der Waals surface area (Å²) in [5.74, 6) is 0. The third-order valence-corrected chi connectivity index (χ3v) is 4.05. The molecule has 0 saturated carbocycles. The van der Waals surface area contributed by atoms with Crippen molar-refractivity contribution in [3.8, 4) is 0 Å². The molecule has 1 unspecified atom stereocenters. The first-order valence-electron chi connectivity index (χ1n) is 6.80. The number of amides is 2. The van der Waals surface area contributed by atoms with Gasteiger partial charge < -0.3 is 20.6 Å². The number of rotatable bonds is 7.